The molecule has 0 N–H and O–H groups in total. The number of unbranched alkanes of at least 4 members (excludes halogenated alkanes) is 2. The first kappa shape index (κ1) is 11.4. The van der Waals surface area contributed by atoms with Crippen LogP contribution >= 0.6 is 0 Å². The van der Waals surface area contributed by atoms with E-state index in [9.17, 15) is 8.78 Å². The summed E-state index contributed by atoms with van der Waals surface area (Å²) in [5.74, 6) is -2.44. The highest BCUT2D eigenvalue weighted by atomic mass is 19.3. The van der Waals surface area contributed by atoms with Crippen LogP contribution in [0.5, 0.6) is 0 Å². The van der Waals surface area contributed by atoms with Crippen LogP contribution in [0, 0.1) is 11.3 Å². The van der Waals surface area contributed by atoms with Crippen LogP contribution in [-0.4, -0.2) is 30.5 Å². The van der Waals surface area contributed by atoms with E-state index in [0.29, 0.717) is 19.5 Å². The van der Waals surface area contributed by atoms with E-state index in [-0.39, 0.29) is 12.8 Å². The molecule has 4 heteroatoms. The number of likely N-dealkylation sites (tertiary alicyclic amines) is 1. The van der Waals surface area contributed by atoms with E-state index in [1.54, 1.807) is 0 Å². The van der Waals surface area contributed by atoms with Gasteiger partial charge in [-0.05, 0) is 19.4 Å². The highest BCUT2D eigenvalue weighted by Gasteiger charge is 2.33. The summed E-state index contributed by atoms with van der Waals surface area (Å²) in [7, 11) is 0. The Labute approximate surface area is 83.5 Å². The lowest BCUT2D eigenvalue weighted by Gasteiger charge is -2.31. The van der Waals surface area contributed by atoms with Crippen LogP contribution in [0.4, 0.5) is 8.78 Å². The van der Waals surface area contributed by atoms with E-state index in [0.717, 1.165) is 19.4 Å². The molecule has 1 aliphatic heterocycles. The summed E-state index contributed by atoms with van der Waals surface area (Å²) in [5.41, 5.74) is 0. The molecule has 0 saturated carbocycles. The van der Waals surface area contributed by atoms with Gasteiger partial charge in [-0.3, -0.25) is 0 Å². The zero-order chi connectivity index (χ0) is 10.4. The van der Waals surface area contributed by atoms with Gasteiger partial charge in [0.25, 0.3) is 5.92 Å². The van der Waals surface area contributed by atoms with Crippen LogP contribution in [0.25, 0.3) is 0 Å². The quantitative estimate of drug-likeness (QED) is 0.654. The third-order valence-corrected chi connectivity index (χ3v) is 2.60. The number of nitrogens with zero attached hydrogens (tertiary/aromatic N) is 2. The molecule has 0 radical (unpaired) electrons. The smallest absolute Gasteiger partial charge is 0.250 e. The molecule has 1 saturated heterocycles. The van der Waals surface area contributed by atoms with Gasteiger partial charge in [-0.1, -0.05) is 0 Å². The van der Waals surface area contributed by atoms with Crippen LogP contribution in [-0.2, 0) is 0 Å². The lowest BCUT2D eigenvalue weighted by atomic mass is 10.1. The summed E-state index contributed by atoms with van der Waals surface area (Å²) in [5, 5.41) is 8.31. The SMILES string of the molecule is N#CCCCCN1CCC(F)(F)CC1. The molecule has 0 aromatic rings. The molecule has 0 aromatic heterocycles. The van der Waals surface area contributed by atoms with Gasteiger partial charge in [-0.2, -0.15) is 5.26 Å². The van der Waals surface area contributed by atoms with Crippen molar-refractivity contribution in [1.82, 2.24) is 4.90 Å². The fraction of sp³-hybridized carbons (Fsp3) is 0.900. The third-order valence-electron chi connectivity index (χ3n) is 2.60. The Hall–Kier alpha value is -0.690. The molecule has 1 aliphatic rings. The van der Waals surface area contributed by atoms with Crippen molar-refractivity contribution in [3.63, 3.8) is 0 Å². The minimum absolute atomic E-state index is 0.00868. The Morgan fingerprint density at radius 3 is 2.43 bits per heavy atom. The maximum absolute atomic E-state index is 12.8. The molecular weight excluding hydrogens is 186 g/mol. The molecule has 0 amide bonds. The lowest BCUT2D eigenvalue weighted by Crippen LogP contribution is -2.39. The van der Waals surface area contributed by atoms with Crippen molar-refractivity contribution >= 4 is 0 Å². The first-order valence-electron chi connectivity index (χ1n) is 5.11. The van der Waals surface area contributed by atoms with Crippen molar-refractivity contribution in [2.24, 2.45) is 0 Å². The van der Waals surface area contributed by atoms with E-state index in [1.165, 1.54) is 0 Å². The van der Waals surface area contributed by atoms with Gasteiger partial charge < -0.3 is 4.90 Å². The molecule has 0 unspecified atom stereocenters. The monoisotopic (exact) mass is 202 g/mol. The van der Waals surface area contributed by atoms with Crippen LogP contribution in [0.15, 0.2) is 0 Å². The highest BCUT2D eigenvalue weighted by molar-refractivity contribution is 4.77. The van der Waals surface area contributed by atoms with Crippen molar-refractivity contribution in [3.8, 4) is 6.07 Å². The van der Waals surface area contributed by atoms with Crippen molar-refractivity contribution in [3.05, 3.63) is 0 Å². The molecule has 0 aliphatic carbocycles. The summed E-state index contributed by atoms with van der Waals surface area (Å²) in [6.07, 6.45) is 2.38. The summed E-state index contributed by atoms with van der Waals surface area (Å²) < 4.78 is 25.5. The van der Waals surface area contributed by atoms with Crippen LogP contribution < -0.4 is 0 Å². The van der Waals surface area contributed by atoms with E-state index < -0.39 is 5.92 Å². The molecule has 0 atom stereocenters. The summed E-state index contributed by atoms with van der Waals surface area (Å²) in [4.78, 5) is 2.06. The third kappa shape index (κ3) is 4.01. The van der Waals surface area contributed by atoms with Gasteiger partial charge in [0.15, 0.2) is 0 Å². The molecule has 1 heterocycles. The minimum Gasteiger partial charge on any atom is -0.303 e. The van der Waals surface area contributed by atoms with Gasteiger partial charge in [0, 0.05) is 32.4 Å². The zero-order valence-corrected chi connectivity index (χ0v) is 8.31. The largest absolute Gasteiger partial charge is 0.303 e. The molecule has 14 heavy (non-hydrogen) atoms. The number of nitriles is 1. The molecule has 2 nitrogen and oxygen atoms in total. The van der Waals surface area contributed by atoms with Gasteiger partial charge in [-0.25, -0.2) is 8.78 Å². The van der Waals surface area contributed by atoms with Gasteiger partial charge in [-0.15, -0.1) is 0 Å². The van der Waals surface area contributed by atoms with Gasteiger partial charge in [0.1, 0.15) is 0 Å². The van der Waals surface area contributed by atoms with Gasteiger partial charge in [0.2, 0.25) is 0 Å². The summed E-state index contributed by atoms with van der Waals surface area (Å²) in [6.45, 7) is 1.86. The average Bonchev–Trinajstić information content (AvgIpc) is 2.15. The Balaban J connectivity index is 2.08. The van der Waals surface area contributed by atoms with Crippen molar-refractivity contribution in [2.45, 2.75) is 38.0 Å². The summed E-state index contributed by atoms with van der Waals surface area (Å²) >= 11 is 0. The molecule has 0 bridgehead atoms. The zero-order valence-electron chi connectivity index (χ0n) is 8.31. The standard InChI is InChI=1S/C10H16F2N2/c11-10(12)4-8-14(9-5-10)7-3-1-2-6-13/h1-5,7-9H2. The Kier molecular flexibility index (Phi) is 4.27. The maximum atomic E-state index is 12.8. The van der Waals surface area contributed by atoms with Gasteiger partial charge in [0.05, 0.1) is 6.07 Å². The molecule has 0 spiro atoms. The van der Waals surface area contributed by atoms with E-state index in [1.807, 2.05) is 0 Å². The van der Waals surface area contributed by atoms with Crippen molar-refractivity contribution < 1.29 is 8.78 Å². The van der Waals surface area contributed by atoms with E-state index >= 15 is 0 Å². The second kappa shape index (κ2) is 5.26. The number of hydrogen-bond donors (Lipinski definition) is 0. The fourth-order valence-corrected chi connectivity index (χ4v) is 1.64. The normalized spacial score (nSPS) is 21.8. The fourth-order valence-electron chi connectivity index (χ4n) is 1.64. The average molecular weight is 202 g/mol. The van der Waals surface area contributed by atoms with Crippen molar-refractivity contribution in [1.29, 1.82) is 5.26 Å². The molecule has 80 valence electrons. The molecule has 1 fully saturated rings. The van der Waals surface area contributed by atoms with E-state index in [4.69, 9.17) is 5.26 Å². The second-order valence-corrected chi connectivity index (χ2v) is 3.81. The Morgan fingerprint density at radius 2 is 1.86 bits per heavy atom. The van der Waals surface area contributed by atoms with Crippen molar-refractivity contribution in [2.75, 3.05) is 19.6 Å². The predicted molar refractivity (Wildman–Crippen MR) is 50.1 cm³/mol. The van der Waals surface area contributed by atoms with E-state index in [2.05, 4.69) is 11.0 Å². The number of alkyl halides is 2. The van der Waals surface area contributed by atoms with Crippen LogP contribution in [0.3, 0.4) is 0 Å². The van der Waals surface area contributed by atoms with Crippen LogP contribution in [0.1, 0.15) is 32.1 Å². The van der Waals surface area contributed by atoms with Gasteiger partial charge >= 0.3 is 0 Å². The molecule has 0 aromatic carbocycles. The number of halogens is 2. The number of rotatable bonds is 4. The molecule has 1 rings (SSSR count). The second-order valence-electron chi connectivity index (χ2n) is 3.81. The van der Waals surface area contributed by atoms with Crippen LogP contribution in [0.2, 0.25) is 0 Å². The summed E-state index contributed by atoms with van der Waals surface area (Å²) in [6, 6.07) is 2.08. The lowest BCUT2D eigenvalue weighted by molar-refractivity contribution is -0.0551. The minimum atomic E-state index is -2.44. The first-order valence-corrected chi connectivity index (χ1v) is 5.11. The molecular formula is C10H16F2N2. The Bertz CT molecular complexity index is 201. The Morgan fingerprint density at radius 1 is 1.21 bits per heavy atom. The highest BCUT2D eigenvalue weighted by Crippen LogP contribution is 2.27. The number of piperidine rings is 1. The first-order chi connectivity index (χ1) is 6.64. The predicted octanol–water partition coefficient (Wildman–Crippen LogP) is 2.41. The number of hydrogen-bond acceptors (Lipinski definition) is 2. The maximum Gasteiger partial charge on any atom is 0.250 e. The topological polar surface area (TPSA) is 27.0 Å².